The van der Waals surface area contributed by atoms with Gasteiger partial charge >= 0.3 is 18.3 Å². The van der Waals surface area contributed by atoms with Crippen LogP contribution in [0.3, 0.4) is 0 Å². The van der Waals surface area contributed by atoms with E-state index in [9.17, 15) is 29.3 Å². The van der Waals surface area contributed by atoms with Crippen LogP contribution < -0.4 is 15.4 Å². The Balaban J connectivity index is 1.39. The summed E-state index contributed by atoms with van der Waals surface area (Å²) >= 11 is 0. The number of alkyl carbamates (subject to hydrolysis) is 1. The molecule has 1 aliphatic heterocycles. The third kappa shape index (κ3) is 10.3. The van der Waals surface area contributed by atoms with Crippen molar-refractivity contribution in [2.75, 3.05) is 25.0 Å². The van der Waals surface area contributed by atoms with Gasteiger partial charge in [-0.2, -0.15) is 0 Å². The van der Waals surface area contributed by atoms with Crippen molar-refractivity contribution in [1.29, 1.82) is 0 Å². The van der Waals surface area contributed by atoms with Gasteiger partial charge in [0.15, 0.2) is 0 Å². The number of hydrogen-bond donors (Lipinski definition) is 2. The number of nitro benzene ring substituents is 1. The molecule has 0 spiro atoms. The van der Waals surface area contributed by atoms with E-state index in [1.807, 2.05) is 0 Å². The summed E-state index contributed by atoms with van der Waals surface area (Å²) in [5.74, 6) is -0.347. The van der Waals surface area contributed by atoms with Gasteiger partial charge in [-0.3, -0.25) is 14.9 Å². The normalized spacial score (nSPS) is 14.5. The molecule has 220 valence electrons. The molecular formula is C27H32N4O10. The number of anilines is 1. The fourth-order valence-electron chi connectivity index (χ4n) is 3.76. The second-order valence-corrected chi connectivity index (χ2v) is 10.1. The number of amides is 3. The number of non-ortho nitro benzene ring substituents is 1. The summed E-state index contributed by atoms with van der Waals surface area (Å²) in [7, 11) is 0. The highest BCUT2D eigenvalue weighted by molar-refractivity contribution is 5.93. The quantitative estimate of drug-likeness (QED) is 0.144. The van der Waals surface area contributed by atoms with Gasteiger partial charge in [0.25, 0.3) is 5.69 Å². The van der Waals surface area contributed by atoms with Crippen molar-refractivity contribution in [2.24, 2.45) is 0 Å². The van der Waals surface area contributed by atoms with Crippen LogP contribution in [0.2, 0.25) is 0 Å². The minimum absolute atomic E-state index is 0.0144. The number of nitrogens with zero attached hydrogens (tertiary/aromatic N) is 2. The van der Waals surface area contributed by atoms with Gasteiger partial charge in [-0.15, -0.1) is 0 Å². The molecule has 1 fully saturated rings. The lowest BCUT2D eigenvalue weighted by Crippen LogP contribution is -2.39. The number of hydrogen-bond acceptors (Lipinski definition) is 10. The molecule has 2 aromatic rings. The summed E-state index contributed by atoms with van der Waals surface area (Å²) in [6, 6.07) is 11.2. The van der Waals surface area contributed by atoms with Crippen molar-refractivity contribution in [3.05, 3.63) is 64.2 Å². The summed E-state index contributed by atoms with van der Waals surface area (Å²) in [6.07, 6.45) is -0.939. The second kappa shape index (κ2) is 14.0. The first-order valence-corrected chi connectivity index (χ1v) is 12.8. The van der Waals surface area contributed by atoms with Crippen LogP contribution in [0.4, 0.5) is 25.8 Å². The maximum absolute atomic E-state index is 12.7. The number of rotatable bonds is 9. The van der Waals surface area contributed by atoms with Crippen molar-refractivity contribution in [1.82, 2.24) is 10.2 Å². The Hall–Kier alpha value is -4.88. The lowest BCUT2D eigenvalue weighted by Gasteiger charge is -2.23. The Bertz CT molecular complexity index is 1240. The number of nitrogens with one attached hydrogen (secondary N) is 2. The third-order valence-electron chi connectivity index (χ3n) is 5.65. The van der Waals surface area contributed by atoms with Gasteiger partial charge in [-0.05, 0) is 63.4 Å². The number of carbonyl (C=O) groups is 4. The number of benzene rings is 2. The first-order chi connectivity index (χ1) is 19.4. The number of carbonyl (C=O) groups excluding carboxylic acids is 4. The van der Waals surface area contributed by atoms with Gasteiger partial charge in [0.05, 0.1) is 11.0 Å². The zero-order valence-electron chi connectivity index (χ0n) is 22.9. The fourth-order valence-corrected chi connectivity index (χ4v) is 3.76. The summed E-state index contributed by atoms with van der Waals surface area (Å²) in [5.41, 5.74) is 0.365. The lowest BCUT2D eigenvalue weighted by molar-refractivity contribution is -0.384. The minimum Gasteiger partial charge on any atom is -0.445 e. The molecule has 0 unspecified atom stereocenters. The average molecular weight is 573 g/mol. The molecule has 0 radical (unpaired) electrons. The Morgan fingerprint density at radius 1 is 1.02 bits per heavy atom. The van der Waals surface area contributed by atoms with Gasteiger partial charge < -0.3 is 34.5 Å². The molecule has 1 aliphatic rings. The predicted molar refractivity (Wildman–Crippen MR) is 144 cm³/mol. The van der Waals surface area contributed by atoms with Crippen LogP contribution in [0.25, 0.3) is 0 Å². The number of nitro groups is 1. The molecule has 2 aromatic carbocycles. The van der Waals surface area contributed by atoms with E-state index in [0.29, 0.717) is 30.6 Å². The van der Waals surface area contributed by atoms with E-state index in [2.05, 4.69) is 10.6 Å². The number of likely N-dealkylation sites (tertiary alicyclic amines) is 1. The van der Waals surface area contributed by atoms with Crippen LogP contribution in [0, 0.1) is 10.1 Å². The molecule has 0 aromatic heterocycles. The van der Waals surface area contributed by atoms with E-state index in [0.717, 1.165) is 0 Å². The first-order valence-electron chi connectivity index (χ1n) is 12.8. The Kier molecular flexibility index (Phi) is 10.4. The lowest BCUT2D eigenvalue weighted by atomic mass is 10.2. The van der Waals surface area contributed by atoms with Crippen molar-refractivity contribution < 1.29 is 43.0 Å². The largest absolute Gasteiger partial charge is 0.513 e. The van der Waals surface area contributed by atoms with Crippen LogP contribution in [0.5, 0.6) is 5.75 Å². The molecule has 3 rings (SSSR count). The highest BCUT2D eigenvalue weighted by atomic mass is 16.7. The molecule has 1 heterocycles. The van der Waals surface area contributed by atoms with Gasteiger partial charge in [0.2, 0.25) is 5.91 Å². The average Bonchev–Trinajstić information content (AvgIpc) is 3.38. The molecule has 14 nitrogen and oxygen atoms in total. The van der Waals surface area contributed by atoms with Gasteiger partial charge in [-0.1, -0.05) is 12.1 Å². The van der Waals surface area contributed by atoms with Crippen LogP contribution in [-0.2, 0) is 25.6 Å². The molecule has 0 bridgehead atoms. The molecule has 1 atom stereocenters. The van der Waals surface area contributed by atoms with Crippen LogP contribution in [0.1, 0.15) is 39.2 Å². The first kappa shape index (κ1) is 30.7. The maximum atomic E-state index is 12.7. The Morgan fingerprint density at radius 2 is 1.71 bits per heavy atom. The number of ether oxygens (including phenoxy) is 4. The zero-order valence-corrected chi connectivity index (χ0v) is 22.9. The minimum atomic E-state index is -0.994. The Morgan fingerprint density at radius 3 is 2.34 bits per heavy atom. The maximum Gasteiger partial charge on any atom is 0.513 e. The standard InChI is InChI=1S/C27H32N4O10/c1-27(2,3)41-24(33)28-15-23(32)29-19-8-6-18(7-9-19)16-38-25(34)30-14-4-5-21(30)17-39-26(35)40-22-12-10-20(11-13-22)31(36)37/h6-13,21H,4-5,14-17H2,1-3H3,(H,28,33)(H,29,32)/t21-/m0/s1. The molecule has 14 heteroatoms. The smallest absolute Gasteiger partial charge is 0.445 e. The van der Waals surface area contributed by atoms with E-state index < -0.39 is 40.8 Å². The SMILES string of the molecule is CC(C)(C)OC(=O)NCC(=O)Nc1ccc(COC(=O)N2CCC[C@H]2COC(=O)Oc2ccc([N+](=O)[O-])cc2)cc1. The van der Waals surface area contributed by atoms with E-state index in [1.165, 1.54) is 29.2 Å². The molecule has 1 saturated heterocycles. The van der Waals surface area contributed by atoms with Crippen molar-refractivity contribution in [3.63, 3.8) is 0 Å². The molecular weight excluding hydrogens is 540 g/mol. The second-order valence-electron chi connectivity index (χ2n) is 10.1. The summed E-state index contributed by atoms with van der Waals surface area (Å²) in [5, 5.41) is 15.7. The Labute approximate surface area is 236 Å². The topological polar surface area (TPSA) is 176 Å². The molecule has 2 N–H and O–H groups in total. The monoisotopic (exact) mass is 572 g/mol. The summed E-state index contributed by atoms with van der Waals surface area (Å²) < 4.78 is 20.6. The van der Waals surface area contributed by atoms with E-state index in [-0.39, 0.29) is 31.2 Å². The molecule has 3 amide bonds. The molecule has 41 heavy (non-hydrogen) atoms. The zero-order chi connectivity index (χ0) is 30.0. The fraction of sp³-hybridized carbons (Fsp3) is 0.407. The van der Waals surface area contributed by atoms with Gasteiger partial charge in [0.1, 0.15) is 31.1 Å². The van der Waals surface area contributed by atoms with Crippen LogP contribution >= 0.6 is 0 Å². The van der Waals surface area contributed by atoms with E-state index in [4.69, 9.17) is 18.9 Å². The van der Waals surface area contributed by atoms with Gasteiger partial charge in [-0.25, -0.2) is 14.4 Å². The van der Waals surface area contributed by atoms with Gasteiger partial charge in [0, 0.05) is 24.4 Å². The highest BCUT2D eigenvalue weighted by Crippen LogP contribution is 2.21. The van der Waals surface area contributed by atoms with Crippen LogP contribution in [-0.4, -0.2) is 65.4 Å². The predicted octanol–water partition coefficient (Wildman–Crippen LogP) is 4.37. The van der Waals surface area contributed by atoms with E-state index in [1.54, 1.807) is 45.0 Å². The van der Waals surface area contributed by atoms with Crippen molar-refractivity contribution >= 4 is 35.6 Å². The van der Waals surface area contributed by atoms with E-state index >= 15 is 0 Å². The summed E-state index contributed by atoms with van der Waals surface area (Å²) in [4.78, 5) is 60.0. The van der Waals surface area contributed by atoms with Crippen molar-refractivity contribution in [3.8, 4) is 5.75 Å². The highest BCUT2D eigenvalue weighted by Gasteiger charge is 2.31. The molecule has 0 aliphatic carbocycles. The summed E-state index contributed by atoms with van der Waals surface area (Å²) in [6.45, 7) is 5.22. The molecule has 0 saturated carbocycles. The third-order valence-corrected chi connectivity index (χ3v) is 5.65. The van der Waals surface area contributed by atoms with Crippen molar-refractivity contribution in [2.45, 2.75) is 51.9 Å². The van der Waals surface area contributed by atoms with Crippen LogP contribution in [0.15, 0.2) is 48.5 Å².